The van der Waals surface area contributed by atoms with Crippen molar-refractivity contribution in [1.29, 1.82) is 0 Å². The molecule has 144 valence electrons. The summed E-state index contributed by atoms with van der Waals surface area (Å²) in [6.45, 7) is 0. The molecule has 5 nitrogen and oxygen atoms in total. The van der Waals surface area contributed by atoms with E-state index >= 15 is 0 Å². The summed E-state index contributed by atoms with van der Waals surface area (Å²) in [5.74, 6) is -0.924. The largest absolute Gasteiger partial charge is 0.495 e. The maximum Gasteiger partial charge on any atom is 0.255 e. The van der Waals surface area contributed by atoms with Crippen LogP contribution in [0.5, 0.6) is 5.75 Å². The number of nitrogens with one attached hydrogen (secondary N) is 3. The van der Waals surface area contributed by atoms with E-state index in [2.05, 4.69) is 16.0 Å². The maximum absolute atomic E-state index is 13.8. The van der Waals surface area contributed by atoms with Crippen LogP contribution in [0.2, 0.25) is 0 Å². The van der Waals surface area contributed by atoms with Gasteiger partial charge in [-0.3, -0.25) is 4.79 Å². The van der Waals surface area contributed by atoms with Crippen molar-refractivity contribution in [3.05, 3.63) is 59.9 Å². The molecule has 0 saturated heterocycles. The summed E-state index contributed by atoms with van der Waals surface area (Å²) in [4.78, 5) is 12.3. The van der Waals surface area contributed by atoms with Crippen molar-refractivity contribution in [3.63, 3.8) is 0 Å². The summed E-state index contributed by atoms with van der Waals surface area (Å²) in [7, 11) is 1.51. The molecule has 0 bridgehead atoms. The molecule has 0 radical (unpaired) electrons. The smallest absolute Gasteiger partial charge is 0.255 e. The molecule has 0 fully saturated rings. The molecular formula is C17H15Cl3FN3O2S. The number of thiocarbonyl (C=S) groups is 1. The number of para-hydroxylation sites is 2. The average molecular weight is 451 g/mol. The first-order valence-corrected chi connectivity index (χ1v) is 9.09. The van der Waals surface area contributed by atoms with Crippen LogP contribution in [0.4, 0.5) is 10.1 Å². The van der Waals surface area contributed by atoms with Crippen LogP contribution in [0.3, 0.4) is 0 Å². The van der Waals surface area contributed by atoms with Gasteiger partial charge in [0.1, 0.15) is 17.7 Å². The number of benzene rings is 2. The number of alkyl halides is 3. The van der Waals surface area contributed by atoms with Gasteiger partial charge in [0.2, 0.25) is 3.79 Å². The normalized spacial score (nSPS) is 12.0. The Morgan fingerprint density at radius 2 is 1.74 bits per heavy atom. The highest BCUT2D eigenvalue weighted by Gasteiger charge is 2.35. The second kappa shape index (κ2) is 9.41. The van der Waals surface area contributed by atoms with Crippen LogP contribution in [0.25, 0.3) is 0 Å². The number of amides is 1. The number of anilines is 1. The van der Waals surface area contributed by atoms with Gasteiger partial charge in [-0.2, -0.15) is 0 Å². The van der Waals surface area contributed by atoms with Crippen molar-refractivity contribution < 1.29 is 13.9 Å². The zero-order valence-electron chi connectivity index (χ0n) is 13.9. The highest BCUT2D eigenvalue weighted by molar-refractivity contribution is 7.80. The number of methoxy groups -OCH3 is 1. The molecule has 0 saturated carbocycles. The lowest BCUT2D eigenvalue weighted by atomic mass is 10.2. The fourth-order valence-corrected chi connectivity index (χ4v) is 2.65. The van der Waals surface area contributed by atoms with Crippen molar-refractivity contribution >= 4 is 63.7 Å². The highest BCUT2D eigenvalue weighted by Crippen LogP contribution is 2.30. The molecule has 2 aromatic carbocycles. The number of carbonyl (C=O) groups is 1. The van der Waals surface area contributed by atoms with Crippen LogP contribution in [-0.2, 0) is 0 Å². The number of carbonyl (C=O) groups excluding carboxylic acids is 1. The third-order valence-corrected chi connectivity index (χ3v) is 4.23. The van der Waals surface area contributed by atoms with Crippen LogP contribution in [0, 0.1) is 5.82 Å². The van der Waals surface area contributed by atoms with Crippen LogP contribution in [0.15, 0.2) is 48.5 Å². The Bertz CT molecular complexity index is 833. The van der Waals surface area contributed by atoms with Crippen molar-refractivity contribution in [2.24, 2.45) is 0 Å². The van der Waals surface area contributed by atoms with E-state index in [0.717, 1.165) is 6.07 Å². The zero-order chi connectivity index (χ0) is 20.0. The first-order chi connectivity index (χ1) is 12.7. The van der Waals surface area contributed by atoms with E-state index in [1.165, 1.54) is 25.3 Å². The van der Waals surface area contributed by atoms with E-state index in [-0.39, 0.29) is 10.7 Å². The second-order valence-corrected chi connectivity index (χ2v) is 8.00. The fraction of sp³-hybridized carbons (Fsp3) is 0.176. The molecule has 1 unspecified atom stereocenters. The number of hydrogen-bond donors (Lipinski definition) is 3. The lowest BCUT2D eigenvalue weighted by Gasteiger charge is -2.28. The fourth-order valence-electron chi connectivity index (χ4n) is 2.09. The second-order valence-electron chi connectivity index (χ2n) is 5.23. The number of hydrogen-bond acceptors (Lipinski definition) is 3. The van der Waals surface area contributed by atoms with Gasteiger partial charge in [0.15, 0.2) is 5.11 Å². The van der Waals surface area contributed by atoms with Crippen LogP contribution in [-0.4, -0.2) is 28.1 Å². The van der Waals surface area contributed by atoms with Crippen molar-refractivity contribution in [1.82, 2.24) is 10.6 Å². The molecular weight excluding hydrogens is 436 g/mol. The SMILES string of the molecule is COc1ccccc1NC(=S)NC(NC(=O)c1ccccc1F)C(Cl)(Cl)Cl. The van der Waals surface area contributed by atoms with Gasteiger partial charge in [0.25, 0.3) is 5.91 Å². The predicted octanol–water partition coefficient (Wildman–Crippen LogP) is 4.25. The quantitative estimate of drug-likeness (QED) is 0.361. The molecule has 1 amide bonds. The number of halogens is 4. The van der Waals surface area contributed by atoms with Gasteiger partial charge in [-0.05, 0) is 36.5 Å². The summed E-state index contributed by atoms with van der Waals surface area (Å²) >= 11 is 23.0. The molecule has 3 N–H and O–H groups in total. The minimum Gasteiger partial charge on any atom is -0.495 e. The van der Waals surface area contributed by atoms with Gasteiger partial charge in [-0.25, -0.2) is 4.39 Å². The van der Waals surface area contributed by atoms with Crippen molar-refractivity contribution in [3.8, 4) is 5.75 Å². The van der Waals surface area contributed by atoms with E-state index < -0.39 is 21.7 Å². The first kappa shape index (κ1) is 21.5. The minimum atomic E-state index is -1.96. The van der Waals surface area contributed by atoms with Crippen LogP contribution < -0.4 is 20.7 Å². The van der Waals surface area contributed by atoms with E-state index in [1.54, 1.807) is 24.3 Å². The van der Waals surface area contributed by atoms with Gasteiger partial charge in [-0.15, -0.1) is 0 Å². The molecule has 1 atom stereocenters. The average Bonchev–Trinajstić information content (AvgIpc) is 2.61. The highest BCUT2D eigenvalue weighted by atomic mass is 35.6. The van der Waals surface area contributed by atoms with Gasteiger partial charge >= 0.3 is 0 Å². The Morgan fingerprint density at radius 3 is 2.37 bits per heavy atom. The number of rotatable bonds is 5. The molecule has 10 heteroatoms. The van der Waals surface area contributed by atoms with Gasteiger partial charge in [-0.1, -0.05) is 59.1 Å². The molecule has 0 aliphatic heterocycles. The molecule has 0 heterocycles. The molecule has 0 spiro atoms. The zero-order valence-corrected chi connectivity index (χ0v) is 17.0. The van der Waals surface area contributed by atoms with Crippen molar-refractivity contribution in [2.45, 2.75) is 9.96 Å². The summed E-state index contributed by atoms with van der Waals surface area (Å²) in [5, 5.41) is 8.05. The minimum absolute atomic E-state index is 0.0599. The van der Waals surface area contributed by atoms with Gasteiger partial charge in [0, 0.05) is 0 Å². The monoisotopic (exact) mass is 449 g/mol. The third kappa shape index (κ3) is 6.10. The Labute approximate surface area is 176 Å². The summed E-state index contributed by atoms with van der Waals surface area (Å²) < 4.78 is 17.0. The summed E-state index contributed by atoms with van der Waals surface area (Å²) in [6.07, 6.45) is -1.23. The summed E-state index contributed by atoms with van der Waals surface area (Å²) in [6, 6.07) is 12.5. The maximum atomic E-state index is 13.8. The summed E-state index contributed by atoms with van der Waals surface area (Å²) in [5.41, 5.74) is 0.378. The Hall–Kier alpha value is -1.80. The Balaban J connectivity index is 2.12. The lowest BCUT2D eigenvalue weighted by molar-refractivity contribution is 0.0930. The Morgan fingerprint density at radius 1 is 1.11 bits per heavy atom. The molecule has 27 heavy (non-hydrogen) atoms. The van der Waals surface area contributed by atoms with Crippen LogP contribution in [0.1, 0.15) is 10.4 Å². The third-order valence-electron chi connectivity index (χ3n) is 3.35. The molecule has 0 aliphatic carbocycles. The number of ether oxygens (including phenoxy) is 1. The lowest BCUT2D eigenvalue weighted by Crippen LogP contribution is -2.56. The molecule has 0 aromatic heterocycles. The topological polar surface area (TPSA) is 62.4 Å². The molecule has 2 rings (SSSR count). The van der Waals surface area contributed by atoms with E-state index in [9.17, 15) is 9.18 Å². The molecule has 2 aromatic rings. The first-order valence-electron chi connectivity index (χ1n) is 7.55. The standard InChI is InChI=1S/C17H15Cl3FN3O2S/c1-26-13-9-5-4-8-12(13)22-16(27)24-15(17(18,19)20)23-14(25)10-6-2-3-7-11(10)21/h2-9,15H,1H3,(H,23,25)(H2,22,24,27). The van der Waals surface area contributed by atoms with Crippen LogP contribution >= 0.6 is 47.0 Å². The van der Waals surface area contributed by atoms with Crippen molar-refractivity contribution in [2.75, 3.05) is 12.4 Å². The van der Waals surface area contributed by atoms with Gasteiger partial charge in [0.05, 0.1) is 18.4 Å². The predicted molar refractivity (Wildman–Crippen MR) is 110 cm³/mol. The Kier molecular flexibility index (Phi) is 7.49. The van der Waals surface area contributed by atoms with E-state index in [1.807, 2.05) is 0 Å². The van der Waals surface area contributed by atoms with E-state index in [4.69, 9.17) is 51.8 Å². The van der Waals surface area contributed by atoms with Gasteiger partial charge < -0.3 is 20.7 Å². The van der Waals surface area contributed by atoms with E-state index in [0.29, 0.717) is 11.4 Å². The molecule has 0 aliphatic rings.